The minimum absolute atomic E-state index is 0.635. The Bertz CT molecular complexity index is 488. The highest BCUT2D eigenvalue weighted by Gasteiger charge is 2.08. The van der Waals surface area contributed by atoms with Gasteiger partial charge in [0.25, 0.3) is 0 Å². The second-order valence-corrected chi connectivity index (χ2v) is 4.18. The average Bonchev–Trinajstić information content (AvgIpc) is 2.77. The Morgan fingerprint density at radius 3 is 2.76 bits per heavy atom. The van der Waals surface area contributed by atoms with Gasteiger partial charge < -0.3 is 15.2 Å². The number of nitrogens with zero attached hydrogens (tertiary/aromatic N) is 3. The molecule has 0 bridgehead atoms. The normalized spacial score (nSPS) is 10.5. The van der Waals surface area contributed by atoms with Crippen LogP contribution in [-0.2, 0) is 6.42 Å². The molecule has 0 aliphatic carbocycles. The van der Waals surface area contributed by atoms with Gasteiger partial charge in [0, 0.05) is 32.4 Å². The molecule has 0 unspecified atom stereocenters. The van der Waals surface area contributed by atoms with Crippen LogP contribution in [0.25, 0.3) is 5.69 Å². The molecule has 4 heteroatoms. The number of anilines is 1. The first-order chi connectivity index (χ1) is 8.24. The predicted molar refractivity (Wildman–Crippen MR) is 70.6 cm³/mol. The number of nitrogens with two attached hydrogens (primary N) is 1. The maximum absolute atomic E-state index is 5.61. The number of hydrogen-bond acceptors (Lipinski definition) is 3. The Morgan fingerprint density at radius 1 is 1.29 bits per heavy atom. The standard InChI is InChI=1S/C13H18N4/c1-16(2)12-5-3-4-6-13(12)17-10-15-9-11(17)7-8-14/h3-6,9-10H,7-8,14H2,1-2H3. The van der Waals surface area contributed by atoms with Crippen LogP contribution < -0.4 is 10.6 Å². The van der Waals surface area contributed by atoms with E-state index in [4.69, 9.17) is 5.73 Å². The number of benzene rings is 1. The van der Waals surface area contributed by atoms with Gasteiger partial charge in [-0.3, -0.25) is 0 Å². The maximum Gasteiger partial charge on any atom is 0.0994 e. The minimum atomic E-state index is 0.635. The van der Waals surface area contributed by atoms with E-state index in [1.54, 1.807) is 0 Å². The summed E-state index contributed by atoms with van der Waals surface area (Å²) in [6.45, 7) is 0.635. The van der Waals surface area contributed by atoms with Crippen molar-refractivity contribution in [1.82, 2.24) is 9.55 Å². The van der Waals surface area contributed by atoms with Crippen molar-refractivity contribution in [2.45, 2.75) is 6.42 Å². The molecule has 0 amide bonds. The van der Waals surface area contributed by atoms with E-state index in [0.717, 1.165) is 17.8 Å². The molecule has 0 aliphatic rings. The highest BCUT2D eigenvalue weighted by atomic mass is 15.1. The molecule has 90 valence electrons. The highest BCUT2D eigenvalue weighted by Crippen LogP contribution is 2.23. The van der Waals surface area contributed by atoms with Crippen LogP contribution in [-0.4, -0.2) is 30.2 Å². The first-order valence-corrected chi connectivity index (χ1v) is 5.72. The molecule has 2 N–H and O–H groups in total. The molecule has 0 saturated heterocycles. The third-order valence-electron chi connectivity index (χ3n) is 2.74. The lowest BCUT2D eigenvalue weighted by Gasteiger charge is -2.18. The molecule has 1 aromatic heterocycles. The summed E-state index contributed by atoms with van der Waals surface area (Å²) in [6.07, 6.45) is 4.55. The Labute approximate surface area is 102 Å². The number of para-hydroxylation sites is 2. The molecule has 4 nitrogen and oxygen atoms in total. The molecule has 0 radical (unpaired) electrons. The maximum atomic E-state index is 5.61. The molecule has 0 aliphatic heterocycles. The lowest BCUT2D eigenvalue weighted by Crippen LogP contribution is -2.13. The van der Waals surface area contributed by atoms with Crippen molar-refractivity contribution >= 4 is 5.69 Å². The van der Waals surface area contributed by atoms with Crippen LogP contribution in [0.4, 0.5) is 5.69 Å². The molecule has 0 saturated carbocycles. The summed E-state index contributed by atoms with van der Waals surface area (Å²) >= 11 is 0. The molecule has 17 heavy (non-hydrogen) atoms. The lowest BCUT2D eigenvalue weighted by molar-refractivity contribution is 0.870. The number of hydrogen-bond donors (Lipinski definition) is 1. The Morgan fingerprint density at radius 2 is 2.06 bits per heavy atom. The molecule has 1 heterocycles. The summed E-state index contributed by atoms with van der Waals surface area (Å²) < 4.78 is 2.10. The topological polar surface area (TPSA) is 47.1 Å². The number of aromatic nitrogens is 2. The summed E-state index contributed by atoms with van der Waals surface area (Å²) in [5.74, 6) is 0. The van der Waals surface area contributed by atoms with Gasteiger partial charge in [-0.1, -0.05) is 12.1 Å². The predicted octanol–water partition coefficient (Wildman–Crippen LogP) is 1.44. The summed E-state index contributed by atoms with van der Waals surface area (Å²) in [5.41, 5.74) is 9.06. The van der Waals surface area contributed by atoms with Crippen LogP contribution in [0, 0.1) is 0 Å². The largest absolute Gasteiger partial charge is 0.376 e. The third-order valence-corrected chi connectivity index (χ3v) is 2.74. The van der Waals surface area contributed by atoms with Crippen molar-refractivity contribution < 1.29 is 0 Å². The first-order valence-electron chi connectivity index (χ1n) is 5.72. The van der Waals surface area contributed by atoms with Crippen molar-refractivity contribution in [2.24, 2.45) is 5.73 Å². The highest BCUT2D eigenvalue weighted by molar-refractivity contribution is 5.62. The fourth-order valence-electron chi connectivity index (χ4n) is 1.92. The van der Waals surface area contributed by atoms with Crippen molar-refractivity contribution in [3.05, 3.63) is 42.5 Å². The van der Waals surface area contributed by atoms with Crippen LogP contribution in [0.1, 0.15) is 5.69 Å². The first kappa shape index (κ1) is 11.7. The second-order valence-electron chi connectivity index (χ2n) is 4.18. The van der Waals surface area contributed by atoms with E-state index in [1.165, 1.54) is 5.69 Å². The molecular formula is C13H18N4. The van der Waals surface area contributed by atoms with Gasteiger partial charge in [-0.15, -0.1) is 0 Å². The van der Waals surface area contributed by atoms with Crippen LogP contribution in [0.2, 0.25) is 0 Å². The second kappa shape index (κ2) is 5.01. The van der Waals surface area contributed by atoms with E-state index in [9.17, 15) is 0 Å². The SMILES string of the molecule is CN(C)c1ccccc1-n1cncc1CCN. The summed E-state index contributed by atoms with van der Waals surface area (Å²) in [7, 11) is 4.08. The zero-order valence-corrected chi connectivity index (χ0v) is 10.3. The van der Waals surface area contributed by atoms with Crippen LogP contribution in [0.3, 0.4) is 0 Å². The lowest BCUT2D eigenvalue weighted by atomic mass is 10.2. The molecule has 0 atom stereocenters. The van der Waals surface area contributed by atoms with E-state index < -0.39 is 0 Å². The van der Waals surface area contributed by atoms with Crippen LogP contribution >= 0.6 is 0 Å². The van der Waals surface area contributed by atoms with Crippen molar-refractivity contribution in [3.63, 3.8) is 0 Å². The summed E-state index contributed by atoms with van der Waals surface area (Å²) in [5, 5.41) is 0. The third kappa shape index (κ3) is 2.31. The van der Waals surface area contributed by atoms with E-state index in [0.29, 0.717) is 6.54 Å². The molecule has 0 spiro atoms. The van der Waals surface area contributed by atoms with Gasteiger partial charge in [0.05, 0.1) is 17.7 Å². The summed E-state index contributed by atoms with van der Waals surface area (Å²) in [6, 6.07) is 8.27. The van der Waals surface area contributed by atoms with Crippen LogP contribution in [0.15, 0.2) is 36.8 Å². The molecular weight excluding hydrogens is 212 g/mol. The van der Waals surface area contributed by atoms with Gasteiger partial charge >= 0.3 is 0 Å². The smallest absolute Gasteiger partial charge is 0.0994 e. The Balaban J connectivity index is 2.48. The van der Waals surface area contributed by atoms with Gasteiger partial charge in [-0.05, 0) is 18.7 Å². The average molecular weight is 230 g/mol. The molecule has 1 aromatic carbocycles. The number of rotatable bonds is 4. The van der Waals surface area contributed by atoms with Gasteiger partial charge in [0.1, 0.15) is 0 Å². The van der Waals surface area contributed by atoms with Crippen LogP contribution in [0.5, 0.6) is 0 Å². The van der Waals surface area contributed by atoms with E-state index in [1.807, 2.05) is 38.8 Å². The van der Waals surface area contributed by atoms with E-state index >= 15 is 0 Å². The zero-order valence-electron chi connectivity index (χ0n) is 10.3. The molecule has 2 rings (SSSR count). The Hall–Kier alpha value is -1.81. The Kier molecular flexibility index (Phi) is 3.44. The monoisotopic (exact) mass is 230 g/mol. The van der Waals surface area contributed by atoms with Gasteiger partial charge in [-0.25, -0.2) is 4.98 Å². The zero-order chi connectivity index (χ0) is 12.3. The van der Waals surface area contributed by atoms with E-state index in [-0.39, 0.29) is 0 Å². The molecule has 2 aromatic rings. The fourth-order valence-corrected chi connectivity index (χ4v) is 1.92. The van der Waals surface area contributed by atoms with Gasteiger partial charge in [0.2, 0.25) is 0 Å². The van der Waals surface area contributed by atoms with Crippen molar-refractivity contribution in [1.29, 1.82) is 0 Å². The van der Waals surface area contributed by atoms with Gasteiger partial charge in [0.15, 0.2) is 0 Å². The van der Waals surface area contributed by atoms with Crippen molar-refractivity contribution in [3.8, 4) is 5.69 Å². The fraction of sp³-hybridized carbons (Fsp3) is 0.308. The summed E-state index contributed by atoms with van der Waals surface area (Å²) in [4.78, 5) is 6.31. The number of imidazole rings is 1. The quantitative estimate of drug-likeness (QED) is 0.864. The van der Waals surface area contributed by atoms with Gasteiger partial charge in [-0.2, -0.15) is 0 Å². The minimum Gasteiger partial charge on any atom is -0.376 e. The molecule has 0 fully saturated rings. The van der Waals surface area contributed by atoms with Crippen molar-refractivity contribution in [2.75, 3.05) is 25.5 Å². The van der Waals surface area contributed by atoms with E-state index in [2.05, 4.69) is 26.6 Å².